The Bertz CT molecular complexity index is 845. The van der Waals surface area contributed by atoms with E-state index in [1.165, 1.54) is 6.08 Å². The van der Waals surface area contributed by atoms with Gasteiger partial charge in [0.05, 0.1) is 0 Å². The average Bonchev–Trinajstić information content (AvgIpc) is 2.68. The number of hydrogen-bond donors (Lipinski definition) is 1. The van der Waals surface area contributed by atoms with Gasteiger partial charge in [0, 0.05) is 40.8 Å². The lowest BCUT2D eigenvalue weighted by molar-refractivity contribution is -0.130. The van der Waals surface area contributed by atoms with Crippen LogP contribution in [0.5, 0.6) is 0 Å². The molecular weight excluding hydrogens is 383 g/mol. The van der Waals surface area contributed by atoms with Gasteiger partial charge in [-0.2, -0.15) is 0 Å². The van der Waals surface area contributed by atoms with E-state index in [1.807, 2.05) is 30.3 Å². The largest absolute Gasteiger partial charge is 0.339 e. The molecule has 0 aromatic heterocycles. The zero-order valence-corrected chi connectivity index (χ0v) is 16.2. The van der Waals surface area contributed by atoms with Crippen LogP contribution < -0.4 is 5.32 Å². The average molecular weight is 403 g/mol. The number of halogens is 2. The van der Waals surface area contributed by atoms with Gasteiger partial charge in [-0.15, -0.1) is 0 Å². The number of anilines is 1. The van der Waals surface area contributed by atoms with Crippen LogP contribution in [0.4, 0.5) is 5.69 Å². The second-order valence-corrected chi connectivity index (χ2v) is 7.30. The third-order valence-electron chi connectivity index (χ3n) is 4.59. The second-order valence-electron chi connectivity index (χ2n) is 6.45. The normalized spacial score (nSPS) is 15.1. The Morgan fingerprint density at radius 2 is 1.74 bits per heavy atom. The van der Waals surface area contributed by atoms with Crippen LogP contribution in [0.1, 0.15) is 18.4 Å². The Hall–Kier alpha value is -2.30. The van der Waals surface area contributed by atoms with Crippen LogP contribution in [0, 0.1) is 5.92 Å². The van der Waals surface area contributed by atoms with Crippen molar-refractivity contribution in [2.75, 3.05) is 18.4 Å². The van der Waals surface area contributed by atoms with Gasteiger partial charge in [0.25, 0.3) is 0 Å². The molecule has 2 aromatic rings. The number of nitrogens with zero attached hydrogens (tertiary/aromatic N) is 1. The molecule has 140 valence electrons. The van der Waals surface area contributed by atoms with Crippen LogP contribution in [0.25, 0.3) is 6.08 Å². The first kappa shape index (κ1) is 19.5. The minimum Gasteiger partial charge on any atom is -0.339 e. The minimum atomic E-state index is -0.0806. The summed E-state index contributed by atoms with van der Waals surface area (Å²) >= 11 is 12.0. The lowest BCUT2D eigenvalue weighted by Gasteiger charge is -2.30. The molecule has 27 heavy (non-hydrogen) atoms. The summed E-state index contributed by atoms with van der Waals surface area (Å²) in [6.07, 6.45) is 4.51. The zero-order valence-electron chi connectivity index (χ0n) is 14.7. The predicted octanol–water partition coefficient (Wildman–Crippen LogP) is 4.88. The van der Waals surface area contributed by atoms with Gasteiger partial charge in [-0.25, -0.2) is 0 Å². The van der Waals surface area contributed by atoms with Crippen LogP contribution in [-0.2, 0) is 9.59 Å². The fraction of sp³-hybridized carbons (Fsp3) is 0.238. The molecular formula is C21H20Cl2N2O2. The standard InChI is InChI=1S/C21H20Cl2N2O2/c22-17-8-6-15(19(23)14-17)7-9-20(26)25-12-10-16(11-13-25)21(27)24-18-4-2-1-3-5-18/h1-9,14,16H,10-13H2,(H,24,27). The molecule has 0 aliphatic carbocycles. The fourth-order valence-electron chi connectivity index (χ4n) is 3.03. The van der Waals surface area contributed by atoms with Gasteiger partial charge in [0.1, 0.15) is 0 Å². The number of benzene rings is 2. The predicted molar refractivity (Wildman–Crippen MR) is 110 cm³/mol. The number of amides is 2. The summed E-state index contributed by atoms with van der Waals surface area (Å²) in [5.74, 6) is -0.149. The summed E-state index contributed by atoms with van der Waals surface area (Å²) in [4.78, 5) is 26.5. The summed E-state index contributed by atoms with van der Waals surface area (Å²) in [6, 6.07) is 14.6. The Kier molecular flexibility index (Phi) is 6.54. The van der Waals surface area contributed by atoms with Crippen molar-refractivity contribution < 1.29 is 9.59 Å². The highest BCUT2D eigenvalue weighted by atomic mass is 35.5. The molecule has 0 saturated carbocycles. The van der Waals surface area contributed by atoms with E-state index in [2.05, 4.69) is 5.32 Å². The van der Waals surface area contributed by atoms with E-state index < -0.39 is 0 Å². The molecule has 0 spiro atoms. The van der Waals surface area contributed by atoms with Crippen LogP contribution in [0.3, 0.4) is 0 Å². The Balaban J connectivity index is 1.51. The smallest absolute Gasteiger partial charge is 0.246 e. The van der Waals surface area contributed by atoms with Gasteiger partial charge in [0.2, 0.25) is 11.8 Å². The molecule has 0 radical (unpaired) electrons. The van der Waals surface area contributed by atoms with E-state index in [-0.39, 0.29) is 17.7 Å². The van der Waals surface area contributed by atoms with E-state index in [0.29, 0.717) is 36.0 Å². The minimum absolute atomic E-state index is 0.0109. The number of piperidine rings is 1. The lowest BCUT2D eigenvalue weighted by atomic mass is 9.95. The molecule has 1 heterocycles. The van der Waals surface area contributed by atoms with Crippen LogP contribution in [0.2, 0.25) is 10.0 Å². The van der Waals surface area contributed by atoms with Gasteiger partial charge in [-0.3, -0.25) is 9.59 Å². The van der Waals surface area contributed by atoms with Gasteiger partial charge in [-0.05, 0) is 48.7 Å². The molecule has 2 aromatic carbocycles. The molecule has 0 unspecified atom stereocenters. The third-order valence-corrected chi connectivity index (χ3v) is 5.15. The maximum absolute atomic E-state index is 12.4. The van der Waals surface area contributed by atoms with Gasteiger partial charge >= 0.3 is 0 Å². The number of likely N-dealkylation sites (tertiary alicyclic amines) is 1. The maximum Gasteiger partial charge on any atom is 0.246 e. The quantitative estimate of drug-likeness (QED) is 0.740. The Morgan fingerprint density at radius 3 is 2.41 bits per heavy atom. The molecule has 2 amide bonds. The summed E-state index contributed by atoms with van der Waals surface area (Å²) in [6.45, 7) is 1.12. The highest BCUT2D eigenvalue weighted by Gasteiger charge is 2.26. The molecule has 1 saturated heterocycles. The van der Waals surface area contributed by atoms with E-state index >= 15 is 0 Å². The fourth-order valence-corrected chi connectivity index (χ4v) is 3.50. The number of nitrogens with one attached hydrogen (secondary N) is 1. The highest BCUT2D eigenvalue weighted by molar-refractivity contribution is 6.35. The van der Waals surface area contributed by atoms with Crippen molar-refractivity contribution in [1.82, 2.24) is 4.90 Å². The van der Waals surface area contributed by atoms with Crippen LogP contribution in [0.15, 0.2) is 54.6 Å². The number of rotatable bonds is 4. The highest BCUT2D eigenvalue weighted by Crippen LogP contribution is 2.23. The molecule has 4 nitrogen and oxygen atoms in total. The van der Waals surface area contributed by atoms with Crippen LogP contribution >= 0.6 is 23.2 Å². The summed E-state index contributed by atoms with van der Waals surface area (Å²) in [5, 5.41) is 3.99. The monoisotopic (exact) mass is 402 g/mol. The number of para-hydroxylation sites is 1. The van der Waals surface area contributed by atoms with Crippen molar-refractivity contribution in [3.63, 3.8) is 0 Å². The van der Waals surface area contributed by atoms with Crippen molar-refractivity contribution in [2.24, 2.45) is 5.92 Å². The molecule has 1 aliphatic heterocycles. The van der Waals surface area contributed by atoms with Crippen molar-refractivity contribution in [2.45, 2.75) is 12.8 Å². The third kappa shape index (κ3) is 5.34. The van der Waals surface area contributed by atoms with E-state index in [9.17, 15) is 9.59 Å². The molecule has 3 rings (SSSR count). The van der Waals surface area contributed by atoms with Crippen molar-refractivity contribution >= 4 is 46.8 Å². The van der Waals surface area contributed by atoms with Crippen molar-refractivity contribution in [3.05, 3.63) is 70.2 Å². The zero-order chi connectivity index (χ0) is 19.2. The Morgan fingerprint density at radius 1 is 1.04 bits per heavy atom. The first-order valence-electron chi connectivity index (χ1n) is 8.81. The maximum atomic E-state index is 12.4. The Labute approximate surface area is 168 Å². The first-order chi connectivity index (χ1) is 13.0. The van der Waals surface area contributed by atoms with Crippen molar-refractivity contribution in [3.8, 4) is 0 Å². The van der Waals surface area contributed by atoms with Crippen molar-refractivity contribution in [1.29, 1.82) is 0 Å². The molecule has 1 N–H and O–H groups in total. The topological polar surface area (TPSA) is 49.4 Å². The van der Waals surface area contributed by atoms with Gasteiger partial charge < -0.3 is 10.2 Å². The van der Waals surface area contributed by atoms with E-state index in [0.717, 1.165) is 11.3 Å². The molecule has 6 heteroatoms. The summed E-state index contributed by atoms with van der Waals surface area (Å²) < 4.78 is 0. The first-order valence-corrected chi connectivity index (χ1v) is 9.56. The second kappa shape index (κ2) is 9.07. The molecule has 0 bridgehead atoms. The van der Waals surface area contributed by atoms with E-state index in [1.54, 1.807) is 29.2 Å². The van der Waals surface area contributed by atoms with Gasteiger partial charge in [-0.1, -0.05) is 47.5 Å². The van der Waals surface area contributed by atoms with E-state index in [4.69, 9.17) is 23.2 Å². The lowest BCUT2D eigenvalue weighted by Crippen LogP contribution is -2.40. The number of carbonyl (C=O) groups excluding carboxylic acids is 2. The SMILES string of the molecule is O=C(Nc1ccccc1)C1CCN(C(=O)C=Cc2ccc(Cl)cc2Cl)CC1. The molecule has 1 aliphatic rings. The molecule has 0 atom stereocenters. The molecule has 1 fully saturated rings. The number of hydrogen-bond acceptors (Lipinski definition) is 2. The summed E-state index contributed by atoms with van der Waals surface area (Å²) in [5.41, 5.74) is 1.54. The summed E-state index contributed by atoms with van der Waals surface area (Å²) in [7, 11) is 0. The number of carbonyl (C=O) groups is 2. The van der Waals surface area contributed by atoms with Gasteiger partial charge in [0.15, 0.2) is 0 Å². The van der Waals surface area contributed by atoms with Crippen LogP contribution in [-0.4, -0.2) is 29.8 Å².